The summed E-state index contributed by atoms with van der Waals surface area (Å²) in [7, 11) is 0. The number of rotatable bonds is 1. The van der Waals surface area contributed by atoms with E-state index in [1.807, 2.05) is 0 Å². The van der Waals surface area contributed by atoms with Gasteiger partial charge in [0.2, 0.25) is 0 Å². The number of carbonyl (C=O) groups is 1. The van der Waals surface area contributed by atoms with E-state index < -0.39 is 11.7 Å². The van der Waals surface area contributed by atoms with Gasteiger partial charge in [-0.3, -0.25) is 4.79 Å². The van der Waals surface area contributed by atoms with Gasteiger partial charge in [-0.2, -0.15) is 13.2 Å². The van der Waals surface area contributed by atoms with Gasteiger partial charge in [-0.15, -0.1) is 0 Å². The Kier molecular flexibility index (Phi) is 3.74. The summed E-state index contributed by atoms with van der Waals surface area (Å²) in [6.07, 6.45) is -3.42. The minimum atomic E-state index is -4.31. The largest absolute Gasteiger partial charge is 0.412 e. The van der Waals surface area contributed by atoms with Crippen LogP contribution in [0.5, 0.6) is 0 Å². The molecule has 2 N–H and O–H groups in total. The summed E-state index contributed by atoms with van der Waals surface area (Å²) >= 11 is 0. The number of benzene rings is 1. The maximum atomic E-state index is 12.5. The van der Waals surface area contributed by atoms with Gasteiger partial charge in [0.05, 0.1) is 5.56 Å². The summed E-state index contributed by atoms with van der Waals surface area (Å²) < 4.78 is 37.6. The molecular weight excluding hydrogens is 269 g/mol. The third-order valence-corrected chi connectivity index (χ3v) is 3.41. The number of nitrogens with zero attached hydrogens (tertiary/aromatic N) is 1. The molecule has 1 aromatic rings. The Hall–Kier alpha value is -1.98. The van der Waals surface area contributed by atoms with Gasteiger partial charge in [-0.05, 0) is 25.0 Å². The maximum Gasteiger partial charge on any atom is 0.412 e. The first-order valence-corrected chi connectivity index (χ1v) is 6.21. The van der Waals surface area contributed by atoms with Crippen LogP contribution in [0.1, 0.15) is 22.3 Å². The topological polar surface area (TPSA) is 46.3 Å². The van der Waals surface area contributed by atoms with Gasteiger partial charge >= 0.3 is 6.18 Å². The van der Waals surface area contributed by atoms with Crippen molar-refractivity contribution in [2.45, 2.75) is 19.5 Å². The van der Waals surface area contributed by atoms with Crippen LogP contribution < -0.4 is 5.73 Å². The highest BCUT2D eigenvalue weighted by atomic mass is 19.4. The Labute approximate surface area is 114 Å². The minimum absolute atomic E-state index is 0.0406. The van der Waals surface area contributed by atoms with E-state index in [9.17, 15) is 18.0 Å². The van der Waals surface area contributed by atoms with Gasteiger partial charge in [0.15, 0.2) is 0 Å². The molecule has 1 heterocycles. The molecule has 20 heavy (non-hydrogen) atoms. The minimum Gasteiger partial charge on any atom is -0.398 e. The average Bonchev–Trinajstić information content (AvgIpc) is 2.40. The Balaban J connectivity index is 2.17. The van der Waals surface area contributed by atoms with E-state index in [0.717, 1.165) is 11.6 Å². The molecule has 0 spiro atoms. The molecule has 0 bridgehead atoms. The summed E-state index contributed by atoms with van der Waals surface area (Å²) in [5.41, 5.74) is 6.77. The van der Waals surface area contributed by atoms with E-state index in [-0.39, 0.29) is 25.4 Å². The lowest BCUT2D eigenvalue weighted by Crippen LogP contribution is -2.37. The number of aryl methyl sites for hydroxylation is 1. The second-order valence-corrected chi connectivity index (χ2v) is 4.76. The fourth-order valence-corrected chi connectivity index (χ4v) is 2.15. The molecule has 1 amide bonds. The van der Waals surface area contributed by atoms with Gasteiger partial charge in [0, 0.05) is 24.4 Å². The smallest absolute Gasteiger partial charge is 0.398 e. The van der Waals surface area contributed by atoms with Crippen molar-refractivity contribution in [2.75, 3.05) is 18.8 Å². The molecule has 1 aromatic carbocycles. The third kappa shape index (κ3) is 2.79. The predicted molar refractivity (Wildman–Crippen MR) is 70.2 cm³/mol. The Bertz CT molecular complexity index is 564. The summed E-state index contributed by atoms with van der Waals surface area (Å²) in [5, 5.41) is 0. The number of anilines is 1. The molecule has 1 aliphatic rings. The number of hydrogen-bond donors (Lipinski definition) is 1. The van der Waals surface area contributed by atoms with E-state index in [2.05, 4.69) is 0 Å². The lowest BCUT2D eigenvalue weighted by molar-refractivity contribution is -0.0957. The fourth-order valence-electron chi connectivity index (χ4n) is 2.15. The number of alkyl halides is 3. The van der Waals surface area contributed by atoms with Gasteiger partial charge in [-0.25, -0.2) is 0 Å². The van der Waals surface area contributed by atoms with Crippen LogP contribution in [-0.4, -0.2) is 30.1 Å². The average molecular weight is 284 g/mol. The molecule has 0 fully saturated rings. The van der Waals surface area contributed by atoms with Crippen molar-refractivity contribution in [3.05, 3.63) is 41.0 Å². The summed E-state index contributed by atoms with van der Waals surface area (Å²) in [6, 6.07) is 5.08. The van der Waals surface area contributed by atoms with E-state index in [1.54, 1.807) is 25.1 Å². The van der Waals surface area contributed by atoms with Gasteiger partial charge in [-0.1, -0.05) is 18.2 Å². The third-order valence-electron chi connectivity index (χ3n) is 3.41. The van der Waals surface area contributed by atoms with Crippen molar-refractivity contribution in [1.29, 1.82) is 0 Å². The van der Waals surface area contributed by atoms with Gasteiger partial charge < -0.3 is 10.6 Å². The standard InChI is InChI=1S/C14H15F3N2O/c1-9-3-2-4-11(12(9)18)13(20)19-7-5-10(6-8-19)14(15,16)17/h2-5H,6-8,18H2,1H3. The zero-order valence-electron chi connectivity index (χ0n) is 11.0. The van der Waals surface area contributed by atoms with Crippen LogP contribution in [0.2, 0.25) is 0 Å². The molecule has 0 unspecified atom stereocenters. The lowest BCUT2D eigenvalue weighted by Gasteiger charge is -2.27. The number of carbonyl (C=O) groups excluding carboxylic acids is 1. The van der Waals surface area contributed by atoms with Crippen LogP contribution in [0.25, 0.3) is 0 Å². The van der Waals surface area contributed by atoms with Crippen molar-refractivity contribution < 1.29 is 18.0 Å². The van der Waals surface area contributed by atoms with Crippen molar-refractivity contribution in [2.24, 2.45) is 0 Å². The molecule has 0 atom stereocenters. The molecule has 0 saturated heterocycles. The fraction of sp³-hybridized carbons (Fsp3) is 0.357. The van der Waals surface area contributed by atoms with Gasteiger partial charge in [0.1, 0.15) is 0 Å². The van der Waals surface area contributed by atoms with Crippen LogP contribution in [0.15, 0.2) is 29.8 Å². The highest BCUT2D eigenvalue weighted by molar-refractivity contribution is 5.99. The molecule has 2 rings (SSSR count). The second-order valence-electron chi connectivity index (χ2n) is 4.76. The number of nitrogen functional groups attached to an aromatic ring is 1. The second kappa shape index (κ2) is 5.19. The van der Waals surface area contributed by atoms with Crippen LogP contribution in [0.4, 0.5) is 18.9 Å². The van der Waals surface area contributed by atoms with Crippen LogP contribution in [0, 0.1) is 6.92 Å². The van der Waals surface area contributed by atoms with Crippen molar-refractivity contribution in [1.82, 2.24) is 4.90 Å². The number of hydrogen-bond acceptors (Lipinski definition) is 2. The first-order chi connectivity index (χ1) is 9.30. The maximum absolute atomic E-state index is 12.5. The molecule has 1 aliphatic heterocycles. The van der Waals surface area contributed by atoms with Crippen molar-refractivity contribution >= 4 is 11.6 Å². The quantitative estimate of drug-likeness (QED) is 0.636. The lowest BCUT2D eigenvalue weighted by atomic mass is 10.0. The molecule has 6 heteroatoms. The monoisotopic (exact) mass is 284 g/mol. The number of para-hydroxylation sites is 1. The molecule has 3 nitrogen and oxygen atoms in total. The summed E-state index contributed by atoms with van der Waals surface area (Å²) in [5.74, 6) is -0.330. The molecular formula is C14H15F3N2O. The summed E-state index contributed by atoms with van der Waals surface area (Å²) in [4.78, 5) is 13.6. The molecule has 0 aliphatic carbocycles. The van der Waals surface area contributed by atoms with Crippen LogP contribution in [-0.2, 0) is 0 Å². The number of nitrogens with two attached hydrogens (primary N) is 1. The normalized spacial score (nSPS) is 16.0. The van der Waals surface area contributed by atoms with Gasteiger partial charge in [0.25, 0.3) is 5.91 Å². The number of amides is 1. The van der Waals surface area contributed by atoms with E-state index in [1.165, 1.54) is 4.90 Å². The molecule has 0 radical (unpaired) electrons. The Morgan fingerprint density at radius 3 is 2.60 bits per heavy atom. The zero-order chi connectivity index (χ0) is 14.9. The summed E-state index contributed by atoms with van der Waals surface area (Å²) in [6.45, 7) is 1.79. The Morgan fingerprint density at radius 1 is 1.35 bits per heavy atom. The molecule has 0 aromatic heterocycles. The highest BCUT2D eigenvalue weighted by Gasteiger charge is 2.35. The Morgan fingerprint density at radius 2 is 2.05 bits per heavy atom. The highest BCUT2D eigenvalue weighted by Crippen LogP contribution is 2.30. The van der Waals surface area contributed by atoms with E-state index in [0.29, 0.717) is 11.3 Å². The SMILES string of the molecule is Cc1cccc(C(=O)N2CC=C(C(F)(F)F)CC2)c1N. The molecule has 108 valence electrons. The van der Waals surface area contributed by atoms with E-state index >= 15 is 0 Å². The number of halogens is 3. The van der Waals surface area contributed by atoms with Crippen LogP contribution in [0.3, 0.4) is 0 Å². The van der Waals surface area contributed by atoms with E-state index in [4.69, 9.17) is 5.73 Å². The van der Waals surface area contributed by atoms with Crippen molar-refractivity contribution in [3.8, 4) is 0 Å². The van der Waals surface area contributed by atoms with Crippen molar-refractivity contribution in [3.63, 3.8) is 0 Å². The predicted octanol–water partition coefficient (Wildman–Crippen LogP) is 2.91. The molecule has 0 saturated carbocycles. The first-order valence-electron chi connectivity index (χ1n) is 6.21. The first kappa shape index (κ1) is 14.4. The zero-order valence-corrected chi connectivity index (χ0v) is 11.0. The van der Waals surface area contributed by atoms with Crippen LogP contribution >= 0.6 is 0 Å².